The van der Waals surface area contributed by atoms with Gasteiger partial charge in [0.1, 0.15) is 23.2 Å². The standard InChI is InChI=1S/C31H23Cl2N5O2S/c1-18(37-30-26-23(39)14-15-34-29(26)35-17-36-30)28-27(33)22-8-5-9-24(41-16-19-10-12-20(32)13-11-19)25(22)31(40)38(28)21-6-3-2-4-7-21/h2-15,17-18H,16H2,1H3,(H2,34,35,36,37,39)/t18-/m0/s1. The number of nitrogens with one attached hydrogen (secondary N) is 2. The fraction of sp³-hybridized carbons (Fsp3) is 0.0968. The van der Waals surface area contributed by atoms with Crippen molar-refractivity contribution in [1.29, 1.82) is 0 Å². The molecule has 0 radical (unpaired) electrons. The van der Waals surface area contributed by atoms with E-state index in [0.717, 1.165) is 10.5 Å². The summed E-state index contributed by atoms with van der Waals surface area (Å²) in [4.78, 5) is 39.4. The topological polar surface area (TPSA) is 92.7 Å². The molecule has 2 N–H and O–H groups in total. The molecule has 10 heteroatoms. The van der Waals surface area contributed by atoms with Gasteiger partial charge in [0.15, 0.2) is 5.43 Å². The number of halogens is 2. The maximum atomic E-state index is 14.4. The fourth-order valence-corrected chi connectivity index (χ4v) is 6.42. The Morgan fingerprint density at radius 3 is 2.49 bits per heavy atom. The summed E-state index contributed by atoms with van der Waals surface area (Å²) in [6, 6.07) is 23.7. The monoisotopic (exact) mass is 599 g/mol. The number of aromatic amines is 1. The molecular weight excluding hydrogens is 577 g/mol. The second-order valence-corrected chi connectivity index (χ2v) is 11.3. The van der Waals surface area contributed by atoms with E-state index in [9.17, 15) is 9.59 Å². The summed E-state index contributed by atoms with van der Waals surface area (Å²) in [6.07, 6.45) is 2.92. The first-order valence-corrected chi connectivity index (χ1v) is 14.5. The van der Waals surface area contributed by atoms with Gasteiger partial charge in [-0.15, -0.1) is 11.8 Å². The molecule has 0 aliphatic heterocycles. The van der Waals surface area contributed by atoms with Crippen LogP contribution in [0.25, 0.3) is 27.5 Å². The highest BCUT2D eigenvalue weighted by atomic mass is 35.5. The zero-order valence-corrected chi connectivity index (χ0v) is 24.1. The van der Waals surface area contributed by atoms with Gasteiger partial charge < -0.3 is 10.3 Å². The Labute approximate surface area is 249 Å². The molecule has 3 heterocycles. The Morgan fingerprint density at radius 1 is 0.927 bits per heavy atom. The van der Waals surface area contributed by atoms with Crippen LogP contribution in [0.2, 0.25) is 10.0 Å². The number of H-pyrrole nitrogens is 1. The summed E-state index contributed by atoms with van der Waals surface area (Å²) in [5.41, 5.74) is 2.31. The van der Waals surface area contributed by atoms with E-state index in [-0.39, 0.29) is 11.0 Å². The molecule has 0 saturated carbocycles. The molecule has 3 aromatic heterocycles. The van der Waals surface area contributed by atoms with E-state index >= 15 is 0 Å². The van der Waals surface area contributed by atoms with E-state index in [2.05, 4.69) is 20.3 Å². The maximum Gasteiger partial charge on any atom is 0.264 e. The van der Waals surface area contributed by atoms with E-state index in [4.69, 9.17) is 23.2 Å². The number of hydrogen-bond acceptors (Lipinski definition) is 6. The van der Waals surface area contributed by atoms with Gasteiger partial charge in [0.2, 0.25) is 0 Å². The van der Waals surface area contributed by atoms with E-state index in [1.54, 1.807) is 22.5 Å². The highest BCUT2D eigenvalue weighted by Crippen LogP contribution is 2.37. The van der Waals surface area contributed by atoms with Crippen molar-refractivity contribution in [3.8, 4) is 5.69 Å². The van der Waals surface area contributed by atoms with Crippen LogP contribution in [0.3, 0.4) is 0 Å². The van der Waals surface area contributed by atoms with Crippen molar-refractivity contribution in [1.82, 2.24) is 19.5 Å². The average Bonchev–Trinajstić information content (AvgIpc) is 2.99. The van der Waals surface area contributed by atoms with Crippen molar-refractivity contribution in [3.63, 3.8) is 0 Å². The van der Waals surface area contributed by atoms with Crippen LogP contribution < -0.4 is 16.3 Å². The Bertz CT molecular complexity index is 2010. The third-order valence-electron chi connectivity index (χ3n) is 6.78. The predicted octanol–water partition coefficient (Wildman–Crippen LogP) is 7.39. The van der Waals surface area contributed by atoms with Crippen LogP contribution in [0.1, 0.15) is 24.2 Å². The zero-order valence-electron chi connectivity index (χ0n) is 21.8. The lowest BCUT2D eigenvalue weighted by Crippen LogP contribution is -2.27. The van der Waals surface area contributed by atoms with E-state index in [0.29, 0.717) is 54.8 Å². The molecule has 0 fully saturated rings. The SMILES string of the molecule is C[C@H](Nc1ncnc2[nH]ccc(=O)c12)c1c(Cl)c2cccc(SCc3ccc(Cl)cc3)c2c(=O)n1-c1ccccc1. The van der Waals surface area contributed by atoms with Crippen LogP contribution in [0.4, 0.5) is 5.82 Å². The molecule has 41 heavy (non-hydrogen) atoms. The molecule has 0 aliphatic carbocycles. The second-order valence-electron chi connectivity index (χ2n) is 9.42. The van der Waals surface area contributed by atoms with Crippen LogP contribution in [0, 0.1) is 0 Å². The first-order chi connectivity index (χ1) is 19.9. The van der Waals surface area contributed by atoms with E-state index in [1.807, 2.05) is 79.7 Å². The van der Waals surface area contributed by atoms with Crippen LogP contribution in [-0.4, -0.2) is 19.5 Å². The highest BCUT2D eigenvalue weighted by Gasteiger charge is 2.24. The first-order valence-electron chi connectivity index (χ1n) is 12.8. The van der Waals surface area contributed by atoms with Crippen LogP contribution >= 0.6 is 35.0 Å². The van der Waals surface area contributed by atoms with Crippen molar-refractivity contribution in [2.24, 2.45) is 0 Å². The minimum Gasteiger partial charge on any atom is -0.361 e. The minimum absolute atomic E-state index is 0.191. The molecule has 0 bridgehead atoms. The van der Waals surface area contributed by atoms with Crippen LogP contribution in [-0.2, 0) is 5.75 Å². The molecule has 6 rings (SSSR count). The van der Waals surface area contributed by atoms with Crippen molar-refractivity contribution >= 4 is 62.6 Å². The van der Waals surface area contributed by atoms with Gasteiger partial charge >= 0.3 is 0 Å². The van der Waals surface area contributed by atoms with Crippen molar-refractivity contribution < 1.29 is 0 Å². The third kappa shape index (κ3) is 5.22. The number of rotatable bonds is 7. The Balaban J connectivity index is 1.51. The summed E-state index contributed by atoms with van der Waals surface area (Å²) in [5, 5.41) is 5.95. The summed E-state index contributed by atoms with van der Waals surface area (Å²) in [5.74, 6) is 1.01. The quantitative estimate of drug-likeness (QED) is 0.186. The molecule has 0 saturated heterocycles. The number of pyridine rings is 2. The zero-order chi connectivity index (χ0) is 28.5. The molecule has 3 aromatic carbocycles. The highest BCUT2D eigenvalue weighted by molar-refractivity contribution is 7.98. The van der Waals surface area contributed by atoms with Gasteiger partial charge in [-0.3, -0.25) is 14.2 Å². The Kier molecular flexibility index (Phi) is 7.53. The van der Waals surface area contributed by atoms with Gasteiger partial charge in [-0.1, -0.05) is 65.7 Å². The Morgan fingerprint density at radius 2 is 1.71 bits per heavy atom. The molecule has 0 aliphatic rings. The van der Waals surface area contributed by atoms with E-state index < -0.39 is 6.04 Å². The van der Waals surface area contributed by atoms with Crippen molar-refractivity contribution in [2.45, 2.75) is 23.6 Å². The molecule has 204 valence electrons. The molecule has 0 unspecified atom stereocenters. The number of para-hydroxylation sites is 1. The van der Waals surface area contributed by atoms with Gasteiger partial charge in [-0.2, -0.15) is 0 Å². The van der Waals surface area contributed by atoms with Gasteiger partial charge in [0.05, 0.1) is 22.1 Å². The predicted molar refractivity (Wildman–Crippen MR) is 168 cm³/mol. The van der Waals surface area contributed by atoms with Crippen molar-refractivity contribution in [2.75, 3.05) is 5.32 Å². The number of fused-ring (bicyclic) bond motifs is 2. The minimum atomic E-state index is -0.511. The summed E-state index contributed by atoms with van der Waals surface area (Å²) >= 11 is 14.8. The number of aromatic nitrogens is 4. The smallest absolute Gasteiger partial charge is 0.264 e. The summed E-state index contributed by atoms with van der Waals surface area (Å²) in [7, 11) is 0. The van der Waals surface area contributed by atoms with Gasteiger partial charge in [0.25, 0.3) is 5.56 Å². The van der Waals surface area contributed by atoms with Crippen molar-refractivity contribution in [3.05, 3.63) is 133 Å². The average molecular weight is 601 g/mol. The normalized spacial score (nSPS) is 12.1. The Hall–Kier alpha value is -4.11. The summed E-state index contributed by atoms with van der Waals surface area (Å²) in [6.45, 7) is 1.89. The molecule has 6 aromatic rings. The number of benzene rings is 3. The number of nitrogens with zero attached hydrogens (tertiary/aromatic N) is 3. The van der Waals surface area contributed by atoms with Gasteiger partial charge in [-0.05, 0) is 42.8 Å². The van der Waals surface area contributed by atoms with Gasteiger partial charge in [-0.25, -0.2) is 9.97 Å². The number of anilines is 1. The maximum absolute atomic E-state index is 14.4. The van der Waals surface area contributed by atoms with Gasteiger partial charge in [0, 0.05) is 39.0 Å². The summed E-state index contributed by atoms with van der Waals surface area (Å²) < 4.78 is 1.64. The second kappa shape index (κ2) is 11.4. The van der Waals surface area contributed by atoms with Crippen LogP contribution in [0.5, 0.6) is 0 Å². The molecule has 1 atom stereocenters. The molecule has 0 spiro atoms. The lowest BCUT2D eigenvalue weighted by atomic mass is 10.1. The fourth-order valence-electron chi connectivity index (χ4n) is 4.86. The molecular formula is C31H23Cl2N5O2S. The lowest BCUT2D eigenvalue weighted by molar-refractivity contribution is 0.774. The third-order valence-corrected chi connectivity index (χ3v) is 8.56. The lowest BCUT2D eigenvalue weighted by Gasteiger charge is -2.24. The number of thioether (sulfide) groups is 1. The van der Waals surface area contributed by atoms with E-state index in [1.165, 1.54) is 12.4 Å². The molecule has 0 amide bonds. The number of hydrogen-bond donors (Lipinski definition) is 2. The first kappa shape index (κ1) is 27.1. The largest absolute Gasteiger partial charge is 0.361 e. The molecule has 7 nitrogen and oxygen atoms in total. The van der Waals surface area contributed by atoms with Crippen LogP contribution in [0.15, 0.2) is 106 Å².